The van der Waals surface area contributed by atoms with Crippen LogP contribution in [0, 0.1) is 5.82 Å². The Morgan fingerprint density at radius 1 is 1.45 bits per heavy atom. The lowest BCUT2D eigenvalue weighted by Crippen LogP contribution is -2.43. The average molecular weight is 326 g/mol. The Labute approximate surface area is 132 Å². The number of fused-ring (bicyclic) bond motifs is 1. The molecule has 0 unspecified atom stereocenters. The second kappa shape index (κ2) is 8.07. The summed E-state index contributed by atoms with van der Waals surface area (Å²) in [6.07, 6.45) is 0.544. The van der Waals surface area contributed by atoms with Crippen LogP contribution in [-0.4, -0.2) is 37.5 Å². The van der Waals surface area contributed by atoms with Gasteiger partial charge in [-0.25, -0.2) is 9.18 Å². The molecule has 2 amide bonds. The molecular weight excluding hydrogens is 307 g/mol. The molecule has 1 atom stereocenters. The van der Waals surface area contributed by atoms with Crippen molar-refractivity contribution in [2.75, 3.05) is 20.3 Å². The Kier molecular flexibility index (Phi) is 6.11. The predicted octanol–water partition coefficient (Wildman–Crippen LogP) is 2.24. The van der Waals surface area contributed by atoms with Gasteiger partial charge in [0.25, 0.3) is 0 Å². The molecular formula is C15H19FN2O3S. The number of rotatable bonds is 7. The van der Waals surface area contributed by atoms with E-state index in [1.807, 2.05) is 6.07 Å². The van der Waals surface area contributed by atoms with Crippen molar-refractivity contribution >= 4 is 27.5 Å². The number of urea groups is 1. The first-order valence-electron chi connectivity index (χ1n) is 6.94. The number of amides is 2. The minimum atomic E-state index is -0.348. The van der Waals surface area contributed by atoms with E-state index in [0.717, 1.165) is 15.0 Å². The number of hydrogen-bond donors (Lipinski definition) is 3. The molecule has 0 bridgehead atoms. The van der Waals surface area contributed by atoms with Gasteiger partial charge in [-0.05, 0) is 36.1 Å². The highest BCUT2D eigenvalue weighted by molar-refractivity contribution is 7.19. The van der Waals surface area contributed by atoms with Crippen molar-refractivity contribution < 1.29 is 19.0 Å². The van der Waals surface area contributed by atoms with E-state index in [1.165, 1.54) is 23.5 Å². The van der Waals surface area contributed by atoms with Crippen LogP contribution >= 0.6 is 11.3 Å². The normalized spacial score (nSPS) is 12.3. The van der Waals surface area contributed by atoms with E-state index < -0.39 is 0 Å². The van der Waals surface area contributed by atoms with Crippen molar-refractivity contribution in [1.29, 1.82) is 0 Å². The van der Waals surface area contributed by atoms with Crippen molar-refractivity contribution in [1.82, 2.24) is 10.6 Å². The Bertz CT molecular complexity index is 632. The van der Waals surface area contributed by atoms with Crippen molar-refractivity contribution in [3.05, 3.63) is 35.0 Å². The molecule has 0 saturated heterocycles. The molecule has 0 aliphatic carbocycles. The van der Waals surface area contributed by atoms with Gasteiger partial charge < -0.3 is 20.5 Å². The third-order valence-electron chi connectivity index (χ3n) is 3.18. The van der Waals surface area contributed by atoms with E-state index in [2.05, 4.69) is 10.6 Å². The molecule has 0 saturated carbocycles. The first kappa shape index (κ1) is 16.7. The molecule has 1 aromatic heterocycles. The van der Waals surface area contributed by atoms with Crippen LogP contribution in [0.3, 0.4) is 0 Å². The SMILES string of the molecule is COCC[C@@H](CO)NC(=O)NCc1cc2cc(F)ccc2s1. The minimum Gasteiger partial charge on any atom is -0.394 e. The molecule has 0 aliphatic rings. The molecule has 0 fully saturated rings. The third kappa shape index (κ3) is 4.66. The molecule has 7 heteroatoms. The Morgan fingerprint density at radius 3 is 3.00 bits per heavy atom. The number of carbonyl (C=O) groups is 1. The number of methoxy groups -OCH3 is 1. The summed E-state index contributed by atoms with van der Waals surface area (Å²) in [5.41, 5.74) is 0. The van der Waals surface area contributed by atoms with E-state index in [9.17, 15) is 14.3 Å². The number of aliphatic hydroxyl groups excluding tert-OH is 1. The number of benzene rings is 1. The smallest absolute Gasteiger partial charge is 0.315 e. The number of halogens is 1. The van der Waals surface area contributed by atoms with Gasteiger partial charge in [0, 0.05) is 23.3 Å². The van der Waals surface area contributed by atoms with E-state index >= 15 is 0 Å². The quantitative estimate of drug-likeness (QED) is 0.731. The number of hydrogen-bond acceptors (Lipinski definition) is 4. The van der Waals surface area contributed by atoms with E-state index in [1.54, 1.807) is 13.2 Å². The van der Waals surface area contributed by atoms with E-state index in [-0.39, 0.29) is 24.5 Å². The number of carbonyl (C=O) groups excluding carboxylic acids is 1. The summed E-state index contributed by atoms with van der Waals surface area (Å²) >= 11 is 1.51. The fourth-order valence-electron chi connectivity index (χ4n) is 2.03. The van der Waals surface area contributed by atoms with Crippen molar-refractivity contribution in [3.63, 3.8) is 0 Å². The van der Waals surface area contributed by atoms with Gasteiger partial charge in [0.1, 0.15) is 5.82 Å². The second-order valence-corrected chi connectivity index (χ2v) is 6.05. The Hall–Kier alpha value is -1.70. The van der Waals surface area contributed by atoms with Gasteiger partial charge in [0.2, 0.25) is 0 Å². The van der Waals surface area contributed by atoms with Crippen LogP contribution in [-0.2, 0) is 11.3 Å². The number of ether oxygens (including phenoxy) is 1. The Balaban J connectivity index is 1.86. The molecule has 3 N–H and O–H groups in total. The molecule has 22 heavy (non-hydrogen) atoms. The van der Waals surface area contributed by atoms with Gasteiger partial charge in [-0.15, -0.1) is 11.3 Å². The fraction of sp³-hybridized carbons (Fsp3) is 0.400. The van der Waals surface area contributed by atoms with Crippen LogP contribution in [0.1, 0.15) is 11.3 Å². The summed E-state index contributed by atoms with van der Waals surface area (Å²) in [6.45, 7) is 0.682. The molecule has 0 radical (unpaired) electrons. The molecule has 2 rings (SSSR count). The summed E-state index contributed by atoms with van der Waals surface area (Å²) in [5.74, 6) is -0.272. The monoisotopic (exact) mass is 326 g/mol. The zero-order valence-corrected chi connectivity index (χ0v) is 13.1. The molecule has 2 aromatic rings. The lowest BCUT2D eigenvalue weighted by Gasteiger charge is -2.16. The highest BCUT2D eigenvalue weighted by Gasteiger charge is 2.11. The number of thiophene rings is 1. The highest BCUT2D eigenvalue weighted by atomic mass is 32.1. The number of nitrogens with one attached hydrogen (secondary N) is 2. The van der Waals surface area contributed by atoms with Gasteiger partial charge in [0.15, 0.2) is 0 Å². The van der Waals surface area contributed by atoms with Gasteiger partial charge in [-0.3, -0.25) is 0 Å². The lowest BCUT2D eigenvalue weighted by atomic mass is 10.2. The van der Waals surface area contributed by atoms with E-state index in [0.29, 0.717) is 19.6 Å². The second-order valence-electron chi connectivity index (χ2n) is 4.88. The summed E-state index contributed by atoms with van der Waals surface area (Å²) in [5, 5.41) is 15.4. The predicted molar refractivity (Wildman–Crippen MR) is 84.5 cm³/mol. The summed E-state index contributed by atoms with van der Waals surface area (Å²) in [7, 11) is 1.57. The van der Waals surface area contributed by atoms with Crippen molar-refractivity contribution in [2.45, 2.75) is 19.0 Å². The molecule has 0 spiro atoms. The van der Waals surface area contributed by atoms with E-state index in [4.69, 9.17) is 4.74 Å². The summed E-state index contributed by atoms with van der Waals surface area (Å²) in [4.78, 5) is 12.7. The zero-order chi connectivity index (χ0) is 15.9. The van der Waals surface area contributed by atoms with Gasteiger partial charge in [0.05, 0.1) is 19.2 Å². The minimum absolute atomic E-state index is 0.140. The van der Waals surface area contributed by atoms with Crippen LogP contribution in [0.5, 0.6) is 0 Å². The summed E-state index contributed by atoms with van der Waals surface area (Å²) < 4.78 is 19.0. The molecule has 1 aromatic carbocycles. The van der Waals surface area contributed by atoms with Gasteiger partial charge in [-0.2, -0.15) is 0 Å². The van der Waals surface area contributed by atoms with Crippen LogP contribution < -0.4 is 10.6 Å². The highest BCUT2D eigenvalue weighted by Crippen LogP contribution is 2.26. The van der Waals surface area contributed by atoms with Crippen LogP contribution in [0.4, 0.5) is 9.18 Å². The first-order valence-corrected chi connectivity index (χ1v) is 7.76. The molecule has 1 heterocycles. The molecule has 5 nitrogen and oxygen atoms in total. The fourth-order valence-corrected chi connectivity index (χ4v) is 3.01. The third-order valence-corrected chi connectivity index (χ3v) is 4.29. The number of aliphatic hydroxyl groups is 1. The largest absolute Gasteiger partial charge is 0.394 e. The average Bonchev–Trinajstić information content (AvgIpc) is 2.91. The maximum atomic E-state index is 13.1. The van der Waals surface area contributed by atoms with Crippen LogP contribution in [0.15, 0.2) is 24.3 Å². The Morgan fingerprint density at radius 2 is 2.27 bits per heavy atom. The summed E-state index contributed by atoms with van der Waals surface area (Å²) in [6, 6.07) is 5.80. The lowest BCUT2D eigenvalue weighted by molar-refractivity contribution is 0.159. The maximum Gasteiger partial charge on any atom is 0.315 e. The zero-order valence-electron chi connectivity index (χ0n) is 12.3. The molecule has 120 valence electrons. The standard InChI is InChI=1S/C15H19FN2O3S/c1-21-5-4-12(9-19)18-15(20)17-8-13-7-10-6-11(16)2-3-14(10)22-13/h2-3,6-7,12,19H,4-5,8-9H2,1H3,(H2,17,18,20)/t12-/m0/s1. The van der Waals surface area contributed by atoms with Crippen molar-refractivity contribution in [2.24, 2.45) is 0 Å². The topological polar surface area (TPSA) is 70.6 Å². The van der Waals surface area contributed by atoms with Crippen LogP contribution in [0.25, 0.3) is 10.1 Å². The van der Waals surface area contributed by atoms with Gasteiger partial charge in [-0.1, -0.05) is 0 Å². The van der Waals surface area contributed by atoms with Crippen molar-refractivity contribution in [3.8, 4) is 0 Å². The first-order chi connectivity index (χ1) is 10.6. The van der Waals surface area contributed by atoms with Crippen LogP contribution in [0.2, 0.25) is 0 Å². The maximum absolute atomic E-state index is 13.1. The van der Waals surface area contributed by atoms with Gasteiger partial charge >= 0.3 is 6.03 Å². The molecule has 0 aliphatic heterocycles.